The summed E-state index contributed by atoms with van der Waals surface area (Å²) in [5.41, 5.74) is 1.93. The zero-order valence-electron chi connectivity index (χ0n) is 16.2. The van der Waals surface area contributed by atoms with E-state index in [9.17, 15) is 10.1 Å². The standard InChI is InChI=1S/C19H20N4O5S/c1-26-13-10-14(27-2)16(15(11-13)28-3)12-4-6-21(7-5-12)17-18(23(24)25)22-8-9-29-19(22)20-17/h4,8-11H,5-7H2,1-3H3. The molecular weight excluding hydrogens is 396 g/mol. The predicted octanol–water partition coefficient (Wildman–Crippen LogP) is 3.62. The van der Waals surface area contributed by atoms with Gasteiger partial charge < -0.3 is 29.2 Å². The maximum absolute atomic E-state index is 11.6. The molecule has 0 amide bonds. The molecule has 0 saturated carbocycles. The molecule has 9 nitrogen and oxygen atoms in total. The van der Waals surface area contributed by atoms with Crippen molar-refractivity contribution in [1.82, 2.24) is 9.38 Å². The molecule has 4 rings (SSSR count). The van der Waals surface area contributed by atoms with Gasteiger partial charge in [-0.05, 0) is 16.9 Å². The van der Waals surface area contributed by atoms with Gasteiger partial charge in [-0.25, -0.2) is 0 Å². The molecule has 3 heterocycles. The lowest BCUT2D eigenvalue weighted by Gasteiger charge is -2.27. The average molecular weight is 416 g/mol. The van der Waals surface area contributed by atoms with Crippen molar-refractivity contribution in [2.75, 3.05) is 39.3 Å². The minimum absolute atomic E-state index is 0.00212. The van der Waals surface area contributed by atoms with Crippen molar-refractivity contribution in [1.29, 1.82) is 0 Å². The van der Waals surface area contributed by atoms with Crippen molar-refractivity contribution in [3.05, 3.63) is 45.5 Å². The minimum atomic E-state index is -0.378. The average Bonchev–Trinajstić information content (AvgIpc) is 3.33. The second-order valence-corrected chi connectivity index (χ2v) is 7.28. The molecule has 3 aromatic rings. The summed E-state index contributed by atoms with van der Waals surface area (Å²) in [6.45, 7) is 1.09. The predicted molar refractivity (Wildman–Crippen MR) is 111 cm³/mol. The van der Waals surface area contributed by atoms with Gasteiger partial charge in [0.05, 0.1) is 26.9 Å². The lowest BCUT2D eigenvalue weighted by molar-refractivity contribution is -0.389. The first kappa shape index (κ1) is 19.1. The molecule has 29 heavy (non-hydrogen) atoms. The summed E-state index contributed by atoms with van der Waals surface area (Å²) in [4.78, 5) is 18.2. The minimum Gasteiger partial charge on any atom is -0.496 e. The van der Waals surface area contributed by atoms with Gasteiger partial charge in [0.15, 0.2) is 0 Å². The number of rotatable bonds is 6. The molecule has 1 aliphatic heterocycles. The molecule has 0 spiro atoms. The van der Waals surface area contributed by atoms with E-state index in [1.807, 2.05) is 23.1 Å². The Morgan fingerprint density at radius 3 is 2.45 bits per heavy atom. The van der Waals surface area contributed by atoms with E-state index in [1.165, 1.54) is 15.7 Å². The molecule has 10 heteroatoms. The number of aromatic nitrogens is 2. The number of methoxy groups -OCH3 is 3. The van der Waals surface area contributed by atoms with Crippen LogP contribution in [0.25, 0.3) is 10.5 Å². The van der Waals surface area contributed by atoms with E-state index in [1.54, 1.807) is 32.9 Å². The largest absolute Gasteiger partial charge is 0.496 e. The number of anilines is 1. The van der Waals surface area contributed by atoms with Gasteiger partial charge in [-0.15, -0.1) is 0 Å². The van der Waals surface area contributed by atoms with Gasteiger partial charge in [0.2, 0.25) is 5.82 Å². The molecule has 0 aliphatic carbocycles. The Bertz CT molecular complexity index is 1080. The summed E-state index contributed by atoms with van der Waals surface area (Å²) in [6.07, 6.45) is 4.38. The molecule has 2 aromatic heterocycles. The topological polar surface area (TPSA) is 91.4 Å². The van der Waals surface area contributed by atoms with Crippen LogP contribution in [0, 0.1) is 10.1 Å². The number of hydrogen-bond donors (Lipinski definition) is 0. The van der Waals surface area contributed by atoms with Crippen molar-refractivity contribution in [2.45, 2.75) is 6.42 Å². The number of thiazole rings is 1. The highest BCUT2D eigenvalue weighted by Crippen LogP contribution is 2.42. The summed E-state index contributed by atoms with van der Waals surface area (Å²) < 4.78 is 17.9. The zero-order chi connectivity index (χ0) is 20.5. The fraction of sp³-hybridized carbons (Fsp3) is 0.316. The van der Waals surface area contributed by atoms with Crippen LogP contribution < -0.4 is 19.1 Å². The normalized spacial score (nSPS) is 14.0. The summed E-state index contributed by atoms with van der Waals surface area (Å²) in [6, 6.07) is 3.64. The number of nitro groups is 1. The first-order valence-electron chi connectivity index (χ1n) is 8.91. The van der Waals surface area contributed by atoms with Crippen LogP contribution in [0.3, 0.4) is 0 Å². The summed E-state index contributed by atoms with van der Waals surface area (Å²) in [7, 11) is 4.80. The molecule has 0 atom stereocenters. The first-order valence-corrected chi connectivity index (χ1v) is 9.79. The van der Waals surface area contributed by atoms with Crippen LogP contribution in [0.15, 0.2) is 29.8 Å². The molecule has 0 bridgehead atoms. The van der Waals surface area contributed by atoms with Crippen molar-refractivity contribution in [2.24, 2.45) is 0 Å². The second kappa shape index (κ2) is 7.63. The Kier molecular flexibility index (Phi) is 5.01. The van der Waals surface area contributed by atoms with Crippen LogP contribution in [-0.4, -0.2) is 48.7 Å². The maximum atomic E-state index is 11.6. The smallest absolute Gasteiger partial charge is 0.373 e. The van der Waals surface area contributed by atoms with Gasteiger partial charge in [0, 0.05) is 30.6 Å². The molecule has 0 fully saturated rings. The Labute approximate surface area is 170 Å². The highest BCUT2D eigenvalue weighted by molar-refractivity contribution is 7.15. The monoisotopic (exact) mass is 416 g/mol. The summed E-state index contributed by atoms with van der Waals surface area (Å²) >= 11 is 1.37. The van der Waals surface area contributed by atoms with Crippen LogP contribution in [0.2, 0.25) is 0 Å². The number of ether oxygens (including phenoxy) is 3. The Balaban J connectivity index is 1.69. The van der Waals surface area contributed by atoms with Gasteiger partial charge in [-0.2, -0.15) is 9.38 Å². The Morgan fingerprint density at radius 2 is 1.90 bits per heavy atom. The Morgan fingerprint density at radius 1 is 1.17 bits per heavy atom. The lowest BCUT2D eigenvalue weighted by Crippen LogP contribution is -2.29. The quantitative estimate of drug-likeness (QED) is 0.448. The molecule has 0 saturated heterocycles. The summed E-state index contributed by atoms with van der Waals surface area (Å²) in [5, 5.41) is 13.4. The molecule has 1 aliphatic rings. The fourth-order valence-corrected chi connectivity index (χ4v) is 4.26. The third-order valence-corrected chi connectivity index (χ3v) is 5.69. The lowest BCUT2D eigenvalue weighted by atomic mass is 9.97. The number of benzene rings is 1. The van der Waals surface area contributed by atoms with E-state index in [0.717, 1.165) is 11.1 Å². The number of nitrogens with zero attached hydrogens (tertiary/aromatic N) is 4. The van der Waals surface area contributed by atoms with Crippen LogP contribution in [0.4, 0.5) is 11.6 Å². The van der Waals surface area contributed by atoms with Crippen molar-refractivity contribution >= 4 is 33.5 Å². The SMILES string of the molecule is COc1cc(OC)c(C2=CCN(c3nc4sccn4c3[N+](=O)[O-])CC2)c(OC)c1. The Hall–Kier alpha value is -3.27. The number of imidazole rings is 1. The van der Waals surface area contributed by atoms with Crippen LogP contribution in [0.1, 0.15) is 12.0 Å². The fourth-order valence-electron chi connectivity index (χ4n) is 3.55. The molecule has 152 valence electrons. The summed E-state index contributed by atoms with van der Waals surface area (Å²) in [5.74, 6) is 2.36. The van der Waals surface area contributed by atoms with Crippen molar-refractivity contribution in [3.8, 4) is 17.2 Å². The maximum Gasteiger partial charge on any atom is 0.373 e. The molecular formula is C19H20N4O5S. The third kappa shape index (κ3) is 3.25. The van der Waals surface area contributed by atoms with Crippen LogP contribution in [-0.2, 0) is 0 Å². The highest BCUT2D eigenvalue weighted by atomic mass is 32.1. The number of fused-ring (bicyclic) bond motifs is 1. The highest BCUT2D eigenvalue weighted by Gasteiger charge is 2.30. The van der Waals surface area contributed by atoms with Gasteiger partial charge >= 0.3 is 5.82 Å². The first-order chi connectivity index (χ1) is 14.1. The zero-order valence-corrected chi connectivity index (χ0v) is 17.1. The van der Waals surface area contributed by atoms with E-state index in [-0.39, 0.29) is 10.7 Å². The van der Waals surface area contributed by atoms with E-state index in [2.05, 4.69) is 4.98 Å². The van der Waals surface area contributed by atoms with Crippen LogP contribution >= 0.6 is 11.3 Å². The molecule has 0 radical (unpaired) electrons. The van der Waals surface area contributed by atoms with E-state index in [0.29, 0.717) is 47.5 Å². The van der Waals surface area contributed by atoms with Crippen LogP contribution in [0.5, 0.6) is 17.2 Å². The third-order valence-electron chi connectivity index (χ3n) is 4.94. The molecule has 1 aromatic carbocycles. The van der Waals surface area contributed by atoms with Gasteiger partial charge in [-0.1, -0.05) is 17.4 Å². The van der Waals surface area contributed by atoms with E-state index < -0.39 is 0 Å². The van der Waals surface area contributed by atoms with Crippen molar-refractivity contribution < 1.29 is 19.1 Å². The molecule has 0 N–H and O–H groups in total. The van der Waals surface area contributed by atoms with Gasteiger partial charge in [0.25, 0.3) is 4.96 Å². The van der Waals surface area contributed by atoms with E-state index in [4.69, 9.17) is 14.2 Å². The number of hydrogen-bond acceptors (Lipinski definition) is 8. The van der Waals surface area contributed by atoms with Gasteiger partial charge in [-0.3, -0.25) is 0 Å². The van der Waals surface area contributed by atoms with E-state index >= 15 is 0 Å². The molecule has 0 unspecified atom stereocenters. The second-order valence-electron chi connectivity index (χ2n) is 6.40. The van der Waals surface area contributed by atoms with Crippen molar-refractivity contribution in [3.63, 3.8) is 0 Å². The van der Waals surface area contributed by atoms with Gasteiger partial charge in [0.1, 0.15) is 23.4 Å².